The first-order valence-electron chi connectivity index (χ1n) is 10.9. The molecule has 1 heterocycles. The van der Waals surface area contributed by atoms with E-state index >= 15 is 0 Å². The Morgan fingerprint density at radius 2 is 1.81 bits per heavy atom. The number of methoxy groups -OCH3 is 1. The van der Waals surface area contributed by atoms with Crippen LogP contribution in [0.5, 0.6) is 5.75 Å². The van der Waals surface area contributed by atoms with Crippen LogP contribution >= 0.6 is 11.3 Å². The molecule has 0 fully saturated rings. The number of halogens is 3. The molecule has 7 nitrogen and oxygen atoms in total. The van der Waals surface area contributed by atoms with Gasteiger partial charge in [0, 0.05) is 17.5 Å². The molecule has 0 amide bonds. The molecule has 0 spiro atoms. The van der Waals surface area contributed by atoms with Crippen molar-refractivity contribution in [2.45, 2.75) is 44.4 Å². The van der Waals surface area contributed by atoms with Crippen LogP contribution in [0.3, 0.4) is 0 Å². The third-order valence-corrected chi connectivity index (χ3v) is 7.83. The summed E-state index contributed by atoms with van der Waals surface area (Å²) >= 11 is 1.15. The molecule has 2 aromatic carbocycles. The Hall–Kier alpha value is -3.12. The van der Waals surface area contributed by atoms with Gasteiger partial charge in [0.05, 0.1) is 17.6 Å². The van der Waals surface area contributed by atoms with Crippen LogP contribution in [0.2, 0.25) is 0 Å². The topological polar surface area (TPSA) is 85.8 Å². The quantitative estimate of drug-likeness (QED) is 0.298. The molecular formula is C24H25F3N2O5S2. The zero-order valence-corrected chi connectivity index (χ0v) is 21.6. The minimum absolute atomic E-state index is 0.0309. The summed E-state index contributed by atoms with van der Waals surface area (Å²) in [5.41, 5.74) is 1.34. The number of ether oxygens (including phenoxy) is 2. The number of hydrogen-bond donors (Lipinski definition) is 0. The second kappa shape index (κ2) is 10.9. The molecule has 12 heteroatoms. The van der Waals surface area contributed by atoms with E-state index in [0.717, 1.165) is 27.8 Å². The first kappa shape index (κ1) is 27.5. The maximum atomic E-state index is 13.6. The highest BCUT2D eigenvalue weighted by molar-refractivity contribution is 7.92. The van der Waals surface area contributed by atoms with Crippen LogP contribution in [0, 0.1) is 0 Å². The maximum Gasteiger partial charge on any atom is 0.573 e. The van der Waals surface area contributed by atoms with E-state index in [1.54, 1.807) is 11.4 Å². The van der Waals surface area contributed by atoms with E-state index < -0.39 is 22.4 Å². The molecule has 0 N–H and O–H groups in total. The second-order valence-electron chi connectivity index (χ2n) is 8.06. The van der Waals surface area contributed by atoms with E-state index in [9.17, 15) is 26.4 Å². The number of aromatic nitrogens is 1. The van der Waals surface area contributed by atoms with Crippen molar-refractivity contribution in [3.05, 3.63) is 59.0 Å². The summed E-state index contributed by atoms with van der Waals surface area (Å²) in [4.78, 5) is 16.7. The molecule has 0 aliphatic heterocycles. The fourth-order valence-corrected chi connectivity index (χ4v) is 5.89. The van der Waals surface area contributed by atoms with Gasteiger partial charge in [0.1, 0.15) is 10.8 Å². The van der Waals surface area contributed by atoms with E-state index in [1.807, 2.05) is 20.8 Å². The van der Waals surface area contributed by atoms with Crippen molar-refractivity contribution in [3.8, 4) is 16.3 Å². The predicted octanol–water partition coefficient (Wildman–Crippen LogP) is 6.22. The van der Waals surface area contributed by atoms with Gasteiger partial charge in [-0.15, -0.1) is 24.5 Å². The fraction of sp³-hybridized carbons (Fsp3) is 0.333. The first-order chi connectivity index (χ1) is 16.9. The Bertz CT molecular complexity index is 1320. The zero-order valence-electron chi connectivity index (χ0n) is 20.0. The average Bonchev–Trinajstić information content (AvgIpc) is 3.30. The number of esters is 1. The molecule has 0 aliphatic rings. The number of rotatable bonds is 9. The van der Waals surface area contributed by atoms with Gasteiger partial charge in [-0.3, -0.25) is 0 Å². The Kier molecular flexibility index (Phi) is 8.29. The van der Waals surface area contributed by atoms with Crippen molar-refractivity contribution in [3.63, 3.8) is 0 Å². The van der Waals surface area contributed by atoms with Crippen molar-refractivity contribution in [1.82, 2.24) is 4.98 Å². The molecule has 3 rings (SSSR count). The smallest absolute Gasteiger partial charge is 0.465 e. The summed E-state index contributed by atoms with van der Waals surface area (Å²) in [6, 6.07) is 9.51. The van der Waals surface area contributed by atoms with Gasteiger partial charge >= 0.3 is 12.3 Å². The standard InChI is InChI=1S/C24H25F3N2O5S2/c1-5-12-29(36(31,32)18-10-11-19(15(2)3)20(13-18)23(30)33-4)21-14-35-22(28-21)16-6-8-17(9-7-16)34-24(25,26)27/h6-11,13-15H,5,12H2,1-4H3. The van der Waals surface area contributed by atoms with Crippen LogP contribution in [0.25, 0.3) is 10.6 Å². The minimum Gasteiger partial charge on any atom is -0.465 e. The highest BCUT2D eigenvalue weighted by atomic mass is 32.2. The van der Waals surface area contributed by atoms with Gasteiger partial charge < -0.3 is 9.47 Å². The van der Waals surface area contributed by atoms with Crippen LogP contribution < -0.4 is 9.04 Å². The number of hydrogen-bond acceptors (Lipinski definition) is 7. The number of thiazole rings is 1. The normalized spacial score (nSPS) is 12.0. The molecule has 0 bridgehead atoms. The van der Waals surface area contributed by atoms with Crippen LogP contribution in [-0.4, -0.2) is 39.4 Å². The molecule has 0 unspecified atom stereocenters. The van der Waals surface area contributed by atoms with Gasteiger partial charge in [0.15, 0.2) is 5.82 Å². The Morgan fingerprint density at radius 1 is 1.14 bits per heavy atom. The predicted molar refractivity (Wildman–Crippen MR) is 131 cm³/mol. The molecule has 0 atom stereocenters. The summed E-state index contributed by atoms with van der Waals surface area (Å²) in [6.45, 7) is 5.72. The number of alkyl halides is 3. The van der Waals surface area contributed by atoms with Gasteiger partial charge in [-0.2, -0.15) is 0 Å². The lowest BCUT2D eigenvalue weighted by Crippen LogP contribution is -2.32. The van der Waals surface area contributed by atoms with E-state index in [1.165, 1.54) is 31.4 Å². The molecule has 0 radical (unpaired) electrons. The lowest BCUT2D eigenvalue weighted by atomic mass is 9.97. The summed E-state index contributed by atoms with van der Waals surface area (Å²) in [6.07, 6.45) is -4.31. The summed E-state index contributed by atoms with van der Waals surface area (Å²) in [5.74, 6) is -0.868. The molecule has 194 valence electrons. The third-order valence-electron chi connectivity index (χ3n) is 5.15. The molecule has 1 aromatic heterocycles. The lowest BCUT2D eigenvalue weighted by Gasteiger charge is -2.22. The highest BCUT2D eigenvalue weighted by Crippen LogP contribution is 2.33. The highest BCUT2D eigenvalue weighted by Gasteiger charge is 2.31. The van der Waals surface area contributed by atoms with Gasteiger partial charge in [-0.1, -0.05) is 26.8 Å². The van der Waals surface area contributed by atoms with Gasteiger partial charge in [-0.25, -0.2) is 22.5 Å². The Balaban J connectivity index is 1.97. The fourth-order valence-electron chi connectivity index (χ4n) is 3.49. The number of benzene rings is 2. The number of sulfonamides is 1. The number of carbonyl (C=O) groups is 1. The maximum absolute atomic E-state index is 13.6. The summed E-state index contributed by atoms with van der Waals surface area (Å²) in [5, 5.41) is 1.98. The number of carbonyl (C=O) groups excluding carboxylic acids is 1. The van der Waals surface area contributed by atoms with Crippen molar-refractivity contribution in [2.75, 3.05) is 18.0 Å². The molecule has 0 aliphatic carbocycles. The molecular weight excluding hydrogens is 517 g/mol. The molecule has 36 heavy (non-hydrogen) atoms. The van der Waals surface area contributed by atoms with Crippen LogP contribution in [0.4, 0.5) is 19.0 Å². The third kappa shape index (κ3) is 6.16. The van der Waals surface area contributed by atoms with Gasteiger partial charge in [0.25, 0.3) is 10.0 Å². The van der Waals surface area contributed by atoms with Gasteiger partial charge in [-0.05, 0) is 54.3 Å². The van der Waals surface area contributed by atoms with Crippen molar-refractivity contribution in [2.24, 2.45) is 0 Å². The Morgan fingerprint density at radius 3 is 2.36 bits per heavy atom. The van der Waals surface area contributed by atoms with Crippen molar-refractivity contribution >= 4 is 33.1 Å². The van der Waals surface area contributed by atoms with Crippen molar-refractivity contribution < 1.29 is 35.9 Å². The second-order valence-corrected chi connectivity index (χ2v) is 10.8. The van der Waals surface area contributed by atoms with Crippen LogP contribution in [-0.2, 0) is 14.8 Å². The number of anilines is 1. The largest absolute Gasteiger partial charge is 0.573 e. The van der Waals surface area contributed by atoms with Crippen molar-refractivity contribution in [1.29, 1.82) is 0 Å². The average molecular weight is 543 g/mol. The summed E-state index contributed by atoms with van der Waals surface area (Å²) < 4.78 is 74.3. The SMILES string of the molecule is CCCN(c1csc(-c2ccc(OC(F)(F)F)cc2)n1)S(=O)(=O)c1ccc(C(C)C)c(C(=O)OC)c1. The van der Waals surface area contributed by atoms with E-state index in [2.05, 4.69) is 9.72 Å². The van der Waals surface area contributed by atoms with E-state index in [4.69, 9.17) is 4.74 Å². The van der Waals surface area contributed by atoms with E-state index in [0.29, 0.717) is 22.6 Å². The lowest BCUT2D eigenvalue weighted by molar-refractivity contribution is -0.274. The molecule has 3 aromatic rings. The minimum atomic E-state index is -4.80. The summed E-state index contributed by atoms with van der Waals surface area (Å²) in [7, 11) is -2.86. The first-order valence-corrected chi connectivity index (χ1v) is 13.3. The van der Waals surface area contributed by atoms with Crippen LogP contribution in [0.1, 0.15) is 49.0 Å². The zero-order chi connectivity index (χ0) is 26.7. The Labute approximate surface area is 211 Å². The molecule has 0 saturated heterocycles. The van der Waals surface area contributed by atoms with Crippen LogP contribution in [0.15, 0.2) is 52.7 Å². The van der Waals surface area contributed by atoms with E-state index in [-0.39, 0.29) is 34.5 Å². The molecule has 0 saturated carbocycles. The number of nitrogens with zero attached hydrogens (tertiary/aromatic N) is 2. The monoisotopic (exact) mass is 542 g/mol. The van der Waals surface area contributed by atoms with Gasteiger partial charge in [0.2, 0.25) is 0 Å².